The lowest BCUT2D eigenvalue weighted by Crippen LogP contribution is -2.56. The second kappa shape index (κ2) is 9.07. The number of halogens is 1. The van der Waals surface area contributed by atoms with Gasteiger partial charge >= 0.3 is 0 Å². The number of aliphatic imine (C=N–C) groups is 1. The third kappa shape index (κ3) is 4.75. The third-order valence-corrected chi connectivity index (χ3v) is 5.86. The molecule has 10 heteroatoms. The molecule has 2 aromatic rings. The summed E-state index contributed by atoms with van der Waals surface area (Å²) in [6.07, 6.45) is -0.0755. The van der Waals surface area contributed by atoms with Crippen molar-refractivity contribution in [2.45, 2.75) is 19.0 Å². The maximum absolute atomic E-state index is 13.9. The van der Waals surface area contributed by atoms with Crippen molar-refractivity contribution in [2.75, 3.05) is 38.3 Å². The van der Waals surface area contributed by atoms with Crippen LogP contribution in [-0.2, 0) is 16.1 Å². The van der Waals surface area contributed by atoms with Crippen LogP contribution in [0.3, 0.4) is 0 Å². The number of guanidine groups is 1. The fourth-order valence-electron chi connectivity index (χ4n) is 4.08. The summed E-state index contributed by atoms with van der Waals surface area (Å²) in [4.78, 5) is 33.6. The Bertz CT molecular complexity index is 1100. The number of rotatable bonds is 4. The molecule has 0 unspecified atom stereocenters. The molecule has 0 aliphatic carbocycles. The summed E-state index contributed by atoms with van der Waals surface area (Å²) in [7, 11) is 0. The maximum Gasteiger partial charge on any atom is 0.249 e. The Kier molecular flexibility index (Phi) is 5.82. The molecule has 9 nitrogen and oxygen atoms in total. The molecule has 2 N–H and O–H groups in total. The predicted molar refractivity (Wildman–Crippen MR) is 118 cm³/mol. The highest BCUT2D eigenvalue weighted by molar-refractivity contribution is 6.06. The van der Waals surface area contributed by atoms with E-state index in [1.54, 1.807) is 12.1 Å². The second-order valence-electron chi connectivity index (χ2n) is 8.14. The molecule has 0 saturated carbocycles. The average Bonchev–Trinajstić information content (AvgIpc) is 3.28. The number of carbonyl (C=O) groups excluding carboxylic acids is 2. The molecule has 5 rings (SSSR count). The van der Waals surface area contributed by atoms with Gasteiger partial charge in [0.25, 0.3) is 0 Å². The van der Waals surface area contributed by atoms with E-state index in [9.17, 15) is 14.0 Å². The first kappa shape index (κ1) is 21.2. The van der Waals surface area contributed by atoms with E-state index in [1.165, 1.54) is 12.1 Å². The van der Waals surface area contributed by atoms with Gasteiger partial charge in [-0.25, -0.2) is 9.38 Å². The Balaban J connectivity index is 1.19. The van der Waals surface area contributed by atoms with E-state index in [0.29, 0.717) is 19.0 Å². The quantitative estimate of drug-likeness (QED) is 0.730. The number of carbonyl (C=O) groups is 2. The van der Waals surface area contributed by atoms with Crippen molar-refractivity contribution in [3.05, 3.63) is 53.8 Å². The molecule has 1 fully saturated rings. The number of piperazine rings is 1. The molecule has 0 spiro atoms. The van der Waals surface area contributed by atoms with Gasteiger partial charge in [-0.2, -0.15) is 0 Å². The van der Waals surface area contributed by atoms with Crippen LogP contribution in [0.15, 0.2) is 47.5 Å². The molecule has 172 valence electrons. The van der Waals surface area contributed by atoms with Gasteiger partial charge in [-0.1, -0.05) is 18.2 Å². The van der Waals surface area contributed by atoms with Crippen molar-refractivity contribution >= 4 is 23.5 Å². The highest BCUT2D eigenvalue weighted by atomic mass is 19.1. The van der Waals surface area contributed by atoms with E-state index in [0.717, 1.165) is 36.7 Å². The molecule has 3 heterocycles. The predicted octanol–water partition coefficient (Wildman–Crippen LogP) is 1.56. The minimum Gasteiger partial charge on any atom is -0.454 e. The molecule has 0 aromatic heterocycles. The molecule has 2 amide bonds. The third-order valence-electron chi connectivity index (χ3n) is 5.86. The summed E-state index contributed by atoms with van der Waals surface area (Å²) in [5.74, 6) is 0.607. The van der Waals surface area contributed by atoms with Crippen molar-refractivity contribution in [1.29, 1.82) is 0 Å². The number of hydrogen-bond donors (Lipinski definition) is 2. The highest BCUT2D eigenvalue weighted by Gasteiger charge is 2.31. The lowest BCUT2D eigenvalue weighted by atomic mass is 10.1. The minimum atomic E-state index is -0.903. The Morgan fingerprint density at radius 2 is 1.91 bits per heavy atom. The van der Waals surface area contributed by atoms with Gasteiger partial charge in [0.15, 0.2) is 11.5 Å². The summed E-state index contributed by atoms with van der Waals surface area (Å²) >= 11 is 0. The zero-order chi connectivity index (χ0) is 22.8. The first-order chi connectivity index (χ1) is 16.0. The Morgan fingerprint density at radius 3 is 2.73 bits per heavy atom. The van der Waals surface area contributed by atoms with Gasteiger partial charge in [-0.05, 0) is 29.8 Å². The monoisotopic (exact) mass is 453 g/mol. The number of anilines is 1. The lowest BCUT2D eigenvalue weighted by Gasteiger charge is -2.37. The van der Waals surface area contributed by atoms with Gasteiger partial charge in [0, 0.05) is 32.7 Å². The number of ether oxygens (including phenoxy) is 2. The van der Waals surface area contributed by atoms with E-state index in [2.05, 4.69) is 20.5 Å². The van der Waals surface area contributed by atoms with E-state index in [4.69, 9.17) is 9.47 Å². The molecule has 3 aliphatic heterocycles. The zero-order valence-electron chi connectivity index (χ0n) is 17.9. The molecular formula is C23H24FN5O4. The van der Waals surface area contributed by atoms with Crippen LogP contribution in [-0.4, -0.2) is 66.6 Å². The molecule has 0 radical (unpaired) electrons. The molecule has 2 aromatic carbocycles. The summed E-state index contributed by atoms with van der Waals surface area (Å²) in [5, 5.41) is 5.30. The SMILES string of the molecule is O=C1C[C@H](C(=O)Nc2ccccc2F)N=C(N2CCN(Cc3ccc4c(c3)OCO4)CC2)N1. The van der Waals surface area contributed by atoms with Gasteiger partial charge in [-0.15, -0.1) is 0 Å². The van der Waals surface area contributed by atoms with Crippen molar-refractivity contribution in [3.63, 3.8) is 0 Å². The van der Waals surface area contributed by atoms with E-state index >= 15 is 0 Å². The van der Waals surface area contributed by atoms with Crippen molar-refractivity contribution in [3.8, 4) is 11.5 Å². The fraction of sp³-hybridized carbons (Fsp3) is 0.348. The number of nitrogens with zero attached hydrogens (tertiary/aromatic N) is 3. The molecule has 3 aliphatic rings. The van der Waals surface area contributed by atoms with Crippen LogP contribution in [0, 0.1) is 5.82 Å². The minimum absolute atomic E-state index is 0.0716. The van der Waals surface area contributed by atoms with Crippen LogP contribution in [0.1, 0.15) is 12.0 Å². The number of hydrogen-bond acceptors (Lipinski definition) is 7. The first-order valence-corrected chi connectivity index (χ1v) is 10.8. The van der Waals surface area contributed by atoms with Crippen LogP contribution >= 0.6 is 0 Å². The first-order valence-electron chi connectivity index (χ1n) is 10.8. The summed E-state index contributed by atoms with van der Waals surface area (Å²) in [6.45, 7) is 3.89. The molecule has 1 atom stereocenters. The summed E-state index contributed by atoms with van der Waals surface area (Å²) in [5.41, 5.74) is 1.21. The van der Waals surface area contributed by atoms with Crippen LogP contribution in [0.5, 0.6) is 11.5 Å². The number of fused-ring (bicyclic) bond motifs is 1. The van der Waals surface area contributed by atoms with Crippen LogP contribution in [0.25, 0.3) is 0 Å². The van der Waals surface area contributed by atoms with Gasteiger partial charge in [0.1, 0.15) is 11.9 Å². The number of benzene rings is 2. The number of nitrogens with one attached hydrogen (secondary N) is 2. The van der Waals surface area contributed by atoms with E-state index in [1.807, 2.05) is 23.1 Å². The van der Waals surface area contributed by atoms with Crippen molar-refractivity contribution < 1.29 is 23.5 Å². The smallest absolute Gasteiger partial charge is 0.249 e. The highest BCUT2D eigenvalue weighted by Crippen LogP contribution is 2.32. The maximum atomic E-state index is 13.9. The van der Waals surface area contributed by atoms with Gasteiger partial charge in [0.05, 0.1) is 12.1 Å². The Labute approximate surface area is 190 Å². The van der Waals surface area contributed by atoms with E-state index in [-0.39, 0.29) is 24.8 Å². The standard InChI is InChI=1S/C23H24FN5O4/c24-16-3-1-2-4-17(16)25-22(31)18-12-21(30)27-23(26-18)29-9-7-28(8-10-29)13-15-5-6-19-20(11-15)33-14-32-19/h1-6,11,18H,7-10,12-14H2,(H,25,31)(H,26,27,30)/t18-/m1/s1. The van der Waals surface area contributed by atoms with Crippen molar-refractivity contribution in [1.82, 2.24) is 15.1 Å². The Hall–Kier alpha value is -3.66. The van der Waals surface area contributed by atoms with Crippen LogP contribution in [0.4, 0.5) is 10.1 Å². The lowest BCUT2D eigenvalue weighted by molar-refractivity contribution is -0.125. The topological polar surface area (TPSA) is 95.5 Å². The molecule has 1 saturated heterocycles. The van der Waals surface area contributed by atoms with Gasteiger partial charge < -0.3 is 19.7 Å². The average molecular weight is 453 g/mol. The number of para-hydroxylation sites is 1. The van der Waals surface area contributed by atoms with Crippen LogP contribution in [0.2, 0.25) is 0 Å². The zero-order valence-corrected chi connectivity index (χ0v) is 17.9. The second-order valence-corrected chi connectivity index (χ2v) is 8.14. The fourth-order valence-corrected chi connectivity index (χ4v) is 4.08. The van der Waals surface area contributed by atoms with Gasteiger partial charge in [0.2, 0.25) is 24.6 Å². The largest absolute Gasteiger partial charge is 0.454 e. The van der Waals surface area contributed by atoms with Gasteiger partial charge in [-0.3, -0.25) is 19.8 Å². The number of amides is 2. The molecule has 33 heavy (non-hydrogen) atoms. The summed E-state index contributed by atoms with van der Waals surface area (Å²) in [6, 6.07) is 11.0. The molecule has 0 bridgehead atoms. The van der Waals surface area contributed by atoms with Crippen LogP contribution < -0.4 is 20.1 Å². The van der Waals surface area contributed by atoms with Crippen molar-refractivity contribution in [2.24, 2.45) is 4.99 Å². The Morgan fingerprint density at radius 1 is 1.12 bits per heavy atom. The normalized spacial score (nSPS) is 20.3. The van der Waals surface area contributed by atoms with E-state index < -0.39 is 17.8 Å². The molecular weight excluding hydrogens is 429 g/mol. The summed E-state index contributed by atoms with van der Waals surface area (Å²) < 4.78 is 24.7.